The molecule has 0 saturated heterocycles. The molecule has 0 radical (unpaired) electrons. The van der Waals surface area contributed by atoms with Crippen molar-refractivity contribution < 1.29 is 13.9 Å². The van der Waals surface area contributed by atoms with E-state index in [0.29, 0.717) is 18.8 Å². The Hall–Kier alpha value is -1.33. The van der Waals surface area contributed by atoms with Crippen molar-refractivity contribution in [3.8, 4) is 0 Å². The van der Waals surface area contributed by atoms with Crippen molar-refractivity contribution in [2.24, 2.45) is 0 Å². The lowest BCUT2D eigenvalue weighted by Crippen LogP contribution is -2.30. The summed E-state index contributed by atoms with van der Waals surface area (Å²) in [6.45, 7) is 1.09. The van der Waals surface area contributed by atoms with Gasteiger partial charge in [-0.25, -0.2) is 9.18 Å². The maximum atomic E-state index is 12.8. The van der Waals surface area contributed by atoms with E-state index < -0.39 is 5.82 Å². The van der Waals surface area contributed by atoms with Crippen LogP contribution in [0.5, 0.6) is 0 Å². The number of methoxy groups -OCH3 is 1. The summed E-state index contributed by atoms with van der Waals surface area (Å²) in [6, 6.07) is 3.63. The Labute approximate surface area is 104 Å². The third-order valence-corrected chi connectivity index (χ3v) is 2.28. The first kappa shape index (κ1) is 13.7. The number of ether oxygens (including phenoxy) is 1. The highest BCUT2D eigenvalue weighted by atomic mass is 35.5. The molecule has 1 rings (SSSR count). The van der Waals surface area contributed by atoms with Crippen LogP contribution in [0, 0.1) is 5.82 Å². The number of carbonyl (C=O) groups excluding carboxylic acids is 1. The van der Waals surface area contributed by atoms with Gasteiger partial charge in [0.1, 0.15) is 5.82 Å². The van der Waals surface area contributed by atoms with Crippen LogP contribution in [0.2, 0.25) is 5.02 Å². The molecule has 0 unspecified atom stereocenters. The number of halogens is 2. The van der Waals surface area contributed by atoms with Crippen LogP contribution in [0.25, 0.3) is 0 Å². The zero-order valence-electron chi connectivity index (χ0n) is 9.43. The molecular formula is C11H14ClFN2O2. The third kappa shape index (κ3) is 5.01. The fourth-order valence-electron chi connectivity index (χ4n) is 1.17. The number of benzene rings is 1. The first-order valence-electron chi connectivity index (χ1n) is 5.12. The lowest BCUT2D eigenvalue weighted by atomic mass is 10.3. The molecule has 4 nitrogen and oxygen atoms in total. The van der Waals surface area contributed by atoms with E-state index in [-0.39, 0.29) is 11.1 Å². The number of hydrogen-bond donors (Lipinski definition) is 2. The molecule has 0 aliphatic rings. The van der Waals surface area contributed by atoms with E-state index in [0.717, 1.165) is 6.42 Å². The summed E-state index contributed by atoms with van der Waals surface area (Å²) >= 11 is 5.58. The highest BCUT2D eigenvalue weighted by molar-refractivity contribution is 6.31. The summed E-state index contributed by atoms with van der Waals surface area (Å²) in [7, 11) is 1.60. The molecule has 0 atom stereocenters. The van der Waals surface area contributed by atoms with Crippen molar-refractivity contribution in [1.82, 2.24) is 5.32 Å². The van der Waals surface area contributed by atoms with Crippen molar-refractivity contribution in [1.29, 1.82) is 0 Å². The van der Waals surface area contributed by atoms with Gasteiger partial charge in [-0.05, 0) is 24.6 Å². The molecule has 0 bridgehead atoms. The largest absolute Gasteiger partial charge is 0.385 e. The van der Waals surface area contributed by atoms with Crippen molar-refractivity contribution in [2.75, 3.05) is 25.6 Å². The van der Waals surface area contributed by atoms with Crippen molar-refractivity contribution in [3.63, 3.8) is 0 Å². The highest BCUT2D eigenvalue weighted by Gasteiger charge is 2.04. The maximum Gasteiger partial charge on any atom is 0.319 e. The number of hydrogen-bond acceptors (Lipinski definition) is 2. The normalized spacial score (nSPS) is 10.1. The molecule has 6 heteroatoms. The minimum Gasteiger partial charge on any atom is -0.385 e. The summed E-state index contributed by atoms with van der Waals surface area (Å²) in [6.07, 6.45) is 0.730. The minimum absolute atomic E-state index is 0.0258. The molecular weight excluding hydrogens is 247 g/mol. The SMILES string of the molecule is COCCCNC(=O)Nc1ccc(F)c(Cl)c1. The van der Waals surface area contributed by atoms with E-state index in [1.807, 2.05) is 0 Å². The van der Waals surface area contributed by atoms with Gasteiger partial charge >= 0.3 is 6.03 Å². The second-order valence-electron chi connectivity index (χ2n) is 3.36. The monoisotopic (exact) mass is 260 g/mol. The molecule has 2 amide bonds. The Bertz CT molecular complexity index is 388. The predicted octanol–water partition coefficient (Wildman–Crippen LogP) is 2.64. The lowest BCUT2D eigenvalue weighted by Gasteiger charge is -2.07. The molecule has 94 valence electrons. The van der Waals surface area contributed by atoms with Gasteiger partial charge in [0.05, 0.1) is 5.02 Å². The standard InChI is InChI=1S/C11H14ClFN2O2/c1-17-6-2-5-14-11(16)15-8-3-4-10(13)9(12)7-8/h3-4,7H,2,5-6H2,1H3,(H2,14,15,16). The first-order chi connectivity index (χ1) is 8.13. The molecule has 17 heavy (non-hydrogen) atoms. The van der Waals surface area contributed by atoms with Gasteiger partial charge in [-0.1, -0.05) is 11.6 Å². The van der Waals surface area contributed by atoms with Gasteiger partial charge in [0.15, 0.2) is 0 Å². The Morgan fingerprint density at radius 3 is 2.94 bits per heavy atom. The van der Waals surface area contributed by atoms with Gasteiger partial charge in [-0.2, -0.15) is 0 Å². The molecule has 2 N–H and O–H groups in total. The molecule has 0 heterocycles. The maximum absolute atomic E-state index is 12.8. The van der Waals surface area contributed by atoms with Crippen LogP contribution in [-0.4, -0.2) is 26.3 Å². The number of carbonyl (C=O) groups is 1. The molecule has 0 aliphatic heterocycles. The first-order valence-corrected chi connectivity index (χ1v) is 5.50. The molecule has 0 aromatic heterocycles. The van der Waals surface area contributed by atoms with Gasteiger partial charge < -0.3 is 15.4 Å². The zero-order valence-corrected chi connectivity index (χ0v) is 10.2. The quantitative estimate of drug-likeness (QED) is 0.800. The summed E-state index contributed by atoms with van der Waals surface area (Å²) in [4.78, 5) is 11.4. The number of nitrogens with one attached hydrogen (secondary N) is 2. The molecule has 0 fully saturated rings. The van der Waals surface area contributed by atoms with Crippen LogP contribution in [0.15, 0.2) is 18.2 Å². The van der Waals surface area contributed by atoms with Gasteiger partial charge in [0.2, 0.25) is 0 Å². The van der Waals surface area contributed by atoms with Crippen LogP contribution in [-0.2, 0) is 4.74 Å². The van der Waals surface area contributed by atoms with Crippen molar-refractivity contribution >= 4 is 23.3 Å². The second kappa shape index (κ2) is 7.09. The average molecular weight is 261 g/mol. The lowest BCUT2D eigenvalue weighted by molar-refractivity contribution is 0.194. The number of urea groups is 1. The topological polar surface area (TPSA) is 50.4 Å². The summed E-state index contributed by atoms with van der Waals surface area (Å²) in [5.74, 6) is -0.516. The predicted molar refractivity (Wildman–Crippen MR) is 64.9 cm³/mol. The fraction of sp³-hybridized carbons (Fsp3) is 0.364. The smallest absolute Gasteiger partial charge is 0.319 e. The molecule has 1 aromatic carbocycles. The fourth-order valence-corrected chi connectivity index (χ4v) is 1.35. The van der Waals surface area contributed by atoms with Gasteiger partial charge in [0, 0.05) is 25.9 Å². The second-order valence-corrected chi connectivity index (χ2v) is 3.76. The van der Waals surface area contributed by atoms with Crippen LogP contribution >= 0.6 is 11.6 Å². The molecule has 0 spiro atoms. The summed E-state index contributed by atoms with van der Waals surface area (Å²) in [5, 5.41) is 5.15. The van der Waals surface area contributed by atoms with E-state index >= 15 is 0 Å². The summed E-state index contributed by atoms with van der Waals surface area (Å²) < 4.78 is 17.7. The Balaban J connectivity index is 2.37. The Morgan fingerprint density at radius 2 is 2.29 bits per heavy atom. The van der Waals surface area contributed by atoms with Crippen LogP contribution in [0.3, 0.4) is 0 Å². The number of amides is 2. The average Bonchev–Trinajstić information content (AvgIpc) is 2.30. The third-order valence-electron chi connectivity index (χ3n) is 1.99. The van der Waals surface area contributed by atoms with Crippen LogP contribution < -0.4 is 10.6 Å². The van der Waals surface area contributed by atoms with Gasteiger partial charge in [-0.3, -0.25) is 0 Å². The Morgan fingerprint density at radius 1 is 1.53 bits per heavy atom. The van der Waals surface area contributed by atoms with Crippen LogP contribution in [0.1, 0.15) is 6.42 Å². The van der Waals surface area contributed by atoms with Crippen molar-refractivity contribution in [3.05, 3.63) is 29.0 Å². The molecule has 0 aliphatic carbocycles. The molecule has 1 aromatic rings. The Kier molecular flexibility index (Phi) is 5.72. The van der Waals surface area contributed by atoms with Gasteiger partial charge in [0.25, 0.3) is 0 Å². The van der Waals surface area contributed by atoms with Crippen molar-refractivity contribution in [2.45, 2.75) is 6.42 Å². The van der Waals surface area contributed by atoms with E-state index in [4.69, 9.17) is 16.3 Å². The van der Waals surface area contributed by atoms with Gasteiger partial charge in [-0.15, -0.1) is 0 Å². The highest BCUT2D eigenvalue weighted by Crippen LogP contribution is 2.19. The number of anilines is 1. The molecule has 0 saturated carbocycles. The van der Waals surface area contributed by atoms with E-state index in [2.05, 4.69) is 10.6 Å². The van der Waals surface area contributed by atoms with E-state index in [1.165, 1.54) is 18.2 Å². The van der Waals surface area contributed by atoms with E-state index in [9.17, 15) is 9.18 Å². The summed E-state index contributed by atoms with van der Waals surface area (Å²) in [5.41, 5.74) is 0.445. The minimum atomic E-state index is -0.516. The number of rotatable bonds is 5. The van der Waals surface area contributed by atoms with Crippen LogP contribution in [0.4, 0.5) is 14.9 Å². The van der Waals surface area contributed by atoms with E-state index in [1.54, 1.807) is 7.11 Å². The zero-order chi connectivity index (χ0) is 12.7.